The molecule has 1 aromatic carbocycles. The molecule has 0 radical (unpaired) electrons. The van der Waals surface area contributed by atoms with Gasteiger partial charge < -0.3 is 5.32 Å². The van der Waals surface area contributed by atoms with Crippen LogP contribution in [0.4, 0.5) is 10.2 Å². The molecule has 0 unspecified atom stereocenters. The second kappa shape index (κ2) is 6.63. The minimum absolute atomic E-state index is 0.328. The zero-order valence-corrected chi connectivity index (χ0v) is 13.7. The number of pyridine rings is 1. The fourth-order valence-electron chi connectivity index (χ4n) is 2.22. The Balaban J connectivity index is 2.58. The standard InChI is InChI=1S/C16H17Cl2FN2/c1-4-5-20-16-12(18)8-11(17)15(21-16)14-10(3)6-9(2)7-13(14)19/h6-8H,4-5H2,1-3H3,(H,20,21). The molecule has 2 nitrogen and oxygen atoms in total. The molecule has 0 aliphatic heterocycles. The van der Waals surface area contributed by atoms with Crippen molar-refractivity contribution >= 4 is 29.0 Å². The van der Waals surface area contributed by atoms with Gasteiger partial charge in [0.1, 0.15) is 11.6 Å². The summed E-state index contributed by atoms with van der Waals surface area (Å²) < 4.78 is 14.3. The molecule has 112 valence electrons. The van der Waals surface area contributed by atoms with Gasteiger partial charge in [-0.15, -0.1) is 0 Å². The maximum Gasteiger partial charge on any atom is 0.145 e. The van der Waals surface area contributed by atoms with Crippen LogP contribution in [0.2, 0.25) is 10.0 Å². The molecule has 0 saturated heterocycles. The van der Waals surface area contributed by atoms with Gasteiger partial charge in [0.25, 0.3) is 0 Å². The molecular weight excluding hydrogens is 310 g/mol. The van der Waals surface area contributed by atoms with Crippen molar-refractivity contribution in [3.63, 3.8) is 0 Å². The quantitative estimate of drug-likeness (QED) is 0.787. The van der Waals surface area contributed by atoms with Gasteiger partial charge in [-0.3, -0.25) is 0 Å². The molecule has 0 fully saturated rings. The summed E-state index contributed by atoms with van der Waals surface area (Å²) in [6.07, 6.45) is 0.938. The van der Waals surface area contributed by atoms with E-state index in [1.165, 1.54) is 6.07 Å². The molecule has 0 aliphatic carbocycles. The van der Waals surface area contributed by atoms with Crippen LogP contribution in [0.15, 0.2) is 18.2 Å². The molecule has 0 aliphatic rings. The third-order valence-corrected chi connectivity index (χ3v) is 3.72. The molecule has 0 amide bonds. The number of rotatable bonds is 4. The van der Waals surface area contributed by atoms with Crippen LogP contribution >= 0.6 is 23.2 Å². The van der Waals surface area contributed by atoms with E-state index in [1.807, 2.05) is 26.8 Å². The summed E-state index contributed by atoms with van der Waals surface area (Å²) in [5.41, 5.74) is 2.49. The molecule has 2 aromatic rings. The number of nitrogens with one attached hydrogen (secondary N) is 1. The molecule has 2 rings (SSSR count). The van der Waals surface area contributed by atoms with Crippen LogP contribution in [0, 0.1) is 19.7 Å². The average molecular weight is 327 g/mol. The largest absolute Gasteiger partial charge is 0.369 e. The highest BCUT2D eigenvalue weighted by Gasteiger charge is 2.17. The zero-order chi connectivity index (χ0) is 15.6. The monoisotopic (exact) mass is 326 g/mol. The first-order chi connectivity index (χ1) is 9.93. The lowest BCUT2D eigenvalue weighted by Gasteiger charge is -2.13. The van der Waals surface area contributed by atoms with E-state index in [0.717, 1.165) is 24.1 Å². The number of aromatic nitrogens is 1. The van der Waals surface area contributed by atoms with E-state index in [-0.39, 0.29) is 5.82 Å². The molecule has 0 bridgehead atoms. The Hall–Kier alpha value is -1.32. The third kappa shape index (κ3) is 3.47. The molecule has 0 atom stereocenters. The van der Waals surface area contributed by atoms with Gasteiger partial charge in [0, 0.05) is 12.1 Å². The average Bonchev–Trinajstić information content (AvgIpc) is 2.38. The van der Waals surface area contributed by atoms with E-state index in [2.05, 4.69) is 10.3 Å². The normalized spacial score (nSPS) is 10.8. The van der Waals surface area contributed by atoms with Crippen molar-refractivity contribution in [2.45, 2.75) is 27.2 Å². The fraction of sp³-hybridized carbons (Fsp3) is 0.312. The Labute approximate surface area is 134 Å². The van der Waals surface area contributed by atoms with Crippen molar-refractivity contribution < 1.29 is 4.39 Å². The summed E-state index contributed by atoms with van der Waals surface area (Å²) in [6, 6.07) is 4.99. The molecule has 1 aromatic heterocycles. The Morgan fingerprint density at radius 1 is 1.14 bits per heavy atom. The van der Waals surface area contributed by atoms with Crippen LogP contribution in [0.1, 0.15) is 24.5 Å². The lowest BCUT2D eigenvalue weighted by Crippen LogP contribution is -2.04. The molecule has 0 spiro atoms. The Morgan fingerprint density at radius 3 is 2.48 bits per heavy atom. The topological polar surface area (TPSA) is 24.9 Å². The number of anilines is 1. The lowest BCUT2D eigenvalue weighted by molar-refractivity contribution is 0.628. The molecule has 21 heavy (non-hydrogen) atoms. The predicted molar refractivity (Wildman–Crippen MR) is 87.9 cm³/mol. The van der Waals surface area contributed by atoms with Gasteiger partial charge in [-0.05, 0) is 43.5 Å². The van der Waals surface area contributed by atoms with E-state index in [1.54, 1.807) is 6.07 Å². The first-order valence-electron chi connectivity index (χ1n) is 6.81. The SMILES string of the molecule is CCCNc1nc(-c2c(C)cc(C)cc2F)c(Cl)cc1Cl. The van der Waals surface area contributed by atoms with Crippen LogP contribution in [-0.2, 0) is 0 Å². The van der Waals surface area contributed by atoms with Gasteiger partial charge >= 0.3 is 0 Å². The summed E-state index contributed by atoms with van der Waals surface area (Å²) in [7, 11) is 0. The highest BCUT2D eigenvalue weighted by Crippen LogP contribution is 2.35. The van der Waals surface area contributed by atoms with Crippen molar-refractivity contribution in [1.82, 2.24) is 4.98 Å². The maximum atomic E-state index is 14.3. The Kier molecular flexibility index (Phi) is 5.07. The van der Waals surface area contributed by atoms with Crippen molar-refractivity contribution in [2.75, 3.05) is 11.9 Å². The third-order valence-electron chi connectivity index (χ3n) is 3.14. The number of hydrogen-bond acceptors (Lipinski definition) is 2. The van der Waals surface area contributed by atoms with Gasteiger partial charge in [-0.2, -0.15) is 0 Å². The van der Waals surface area contributed by atoms with Crippen LogP contribution < -0.4 is 5.32 Å². The second-order valence-corrected chi connectivity index (χ2v) is 5.83. The molecule has 1 N–H and O–H groups in total. The summed E-state index contributed by atoms with van der Waals surface area (Å²) in [6.45, 7) is 6.48. The van der Waals surface area contributed by atoms with E-state index in [9.17, 15) is 4.39 Å². The number of halogens is 3. The van der Waals surface area contributed by atoms with E-state index >= 15 is 0 Å². The fourth-order valence-corrected chi connectivity index (χ4v) is 2.74. The summed E-state index contributed by atoms with van der Waals surface area (Å²) in [4.78, 5) is 4.42. The first-order valence-corrected chi connectivity index (χ1v) is 7.56. The molecule has 1 heterocycles. The maximum absolute atomic E-state index is 14.3. The predicted octanol–water partition coefficient (Wildman–Crippen LogP) is 5.63. The van der Waals surface area contributed by atoms with Crippen molar-refractivity contribution in [2.24, 2.45) is 0 Å². The first kappa shape index (κ1) is 16.1. The van der Waals surface area contributed by atoms with E-state index in [0.29, 0.717) is 27.1 Å². The van der Waals surface area contributed by atoms with Crippen LogP contribution in [-0.4, -0.2) is 11.5 Å². The van der Waals surface area contributed by atoms with Gasteiger partial charge in [0.15, 0.2) is 0 Å². The van der Waals surface area contributed by atoms with E-state index in [4.69, 9.17) is 23.2 Å². The van der Waals surface area contributed by atoms with Crippen LogP contribution in [0.5, 0.6) is 0 Å². The minimum Gasteiger partial charge on any atom is -0.369 e. The van der Waals surface area contributed by atoms with Crippen molar-refractivity contribution in [3.8, 4) is 11.3 Å². The Morgan fingerprint density at radius 2 is 1.86 bits per heavy atom. The number of aryl methyl sites for hydroxylation is 2. The summed E-state index contributed by atoms with van der Waals surface area (Å²) in [5, 5.41) is 3.90. The second-order valence-electron chi connectivity index (χ2n) is 5.01. The highest BCUT2D eigenvalue weighted by atomic mass is 35.5. The van der Waals surface area contributed by atoms with Crippen LogP contribution in [0.3, 0.4) is 0 Å². The van der Waals surface area contributed by atoms with Crippen molar-refractivity contribution in [1.29, 1.82) is 0 Å². The van der Waals surface area contributed by atoms with Gasteiger partial charge in [-0.1, -0.05) is 36.2 Å². The smallest absolute Gasteiger partial charge is 0.145 e. The van der Waals surface area contributed by atoms with E-state index < -0.39 is 0 Å². The summed E-state index contributed by atoms with van der Waals surface area (Å²) in [5.74, 6) is 0.197. The zero-order valence-electron chi connectivity index (χ0n) is 12.2. The number of hydrogen-bond donors (Lipinski definition) is 1. The molecule has 0 saturated carbocycles. The van der Waals surface area contributed by atoms with Crippen LogP contribution in [0.25, 0.3) is 11.3 Å². The molecule has 5 heteroatoms. The van der Waals surface area contributed by atoms with Gasteiger partial charge in [-0.25, -0.2) is 9.37 Å². The highest BCUT2D eigenvalue weighted by molar-refractivity contribution is 6.37. The van der Waals surface area contributed by atoms with Crippen molar-refractivity contribution in [3.05, 3.63) is 45.2 Å². The Bertz CT molecular complexity index is 649. The number of benzene rings is 1. The minimum atomic E-state index is -0.328. The lowest BCUT2D eigenvalue weighted by atomic mass is 10.0. The van der Waals surface area contributed by atoms with Gasteiger partial charge in [0.05, 0.1) is 15.7 Å². The number of nitrogens with zero attached hydrogens (tertiary/aromatic N) is 1. The molecular formula is C16H17Cl2FN2. The summed E-state index contributed by atoms with van der Waals surface area (Å²) >= 11 is 12.3. The van der Waals surface area contributed by atoms with Gasteiger partial charge in [0.2, 0.25) is 0 Å².